The molecule has 1 amide bonds. The summed E-state index contributed by atoms with van der Waals surface area (Å²) in [7, 11) is 0. The number of nitrogens with zero attached hydrogens (tertiary/aromatic N) is 4. The van der Waals surface area contributed by atoms with Crippen LogP contribution in [0.5, 0.6) is 0 Å². The number of carboxylic acid groups (broad SMARTS) is 1. The van der Waals surface area contributed by atoms with Crippen LogP contribution in [0.15, 0.2) is 27.4 Å². The van der Waals surface area contributed by atoms with Gasteiger partial charge in [0.15, 0.2) is 5.54 Å². The third-order valence-corrected chi connectivity index (χ3v) is 4.89. The van der Waals surface area contributed by atoms with E-state index < -0.39 is 40.0 Å². The number of amides is 1. The first kappa shape index (κ1) is 23.7. The largest absolute Gasteiger partial charge is 0.481 e. The molecule has 1 aliphatic rings. The molecule has 1 aromatic carbocycles. The Morgan fingerprint density at radius 1 is 1.39 bits per heavy atom. The lowest BCUT2D eigenvalue weighted by Gasteiger charge is -2.25. The van der Waals surface area contributed by atoms with Crippen molar-refractivity contribution >= 4 is 23.4 Å². The third-order valence-electron chi connectivity index (χ3n) is 4.89. The molecule has 0 radical (unpaired) electrons. The van der Waals surface area contributed by atoms with E-state index >= 15 is 0 Å². The second kappa shape index (κ2) is 9.09. The van der Waals surface area contributed by atoms with E-state index in [9.17, 15) is 24.3 Å². The zero-order valence-corrected chi connectivity index (χ0v) is 17.7. The Morgan fingerprint density at radius 3 is 2.61 bits per heavy atom. The molecule has 0 saturated carbocycles. The van der Waals surface area contributed by atoms with Crippen molar-refractivity contribution in [2.45, 2.75) is 38.3 Å². The molecule has 0 bridgehead atoms. The second-order valence-electron chi connectivity index (χ2n) is 8.26. The first-order chi connectivity index (χ1) is 14.5. The van der Waals surface area contributed by atoms with E-state index in [1.807, 2.05) is 0 Å². The summed E-state index contributed by atoms with van der Waals surface area (Å²) < 4.78 is 5.11. The molecule has 0 aromatic heterocycles. The predicted octanol–water partition coefficient (Wildman–Crippen LogP) is 1.37. The van der Waals surface area contributed by atoms with Crippen LogP contribution in [-0.2, 0) is 9.53 Å². The van der Waals surface area contributed by atoms with Crippen molar-refractivity contribution in [3.8, 4) is 0 Å². The number of carbonyl (C=O) groups excluding carboxylic acids is 1. The average molecular weight is 434 g/mol. The van der Waals surface area contributed by atoms with Gasteiger partial charge in [0.25, 0.3) is 10.9 Å². The summed E-state index contributed by atoms with van der Waals surface area (Å²) in [6, 6.07) is 0. The van der Waals surface area contributed by atoms with Gasteiger partial charge in [0, 0.05) is 37.0 Å². The van der Waals surface area contributed by atoms with Gasteiger partial charge in [0.2, 0.25) is 0 Å². The summed E-state index contributed by atoms with van der Waals surface area (Å²) in [4.78, 5) is 52.0. The fourth-order valence-electron chi connectivity index (χ4n) is 3.53. The Bertz CT molecular complexity index is 981. The fourth-order valence-corrected chi connectivity index (χ4v) is 3.53. The highest BCUT2D eigenvalue weighted by molar-refractivity contribution is 5.84. The summed E-state index contributed by atoms with van der Waals surface area (Å²) in [5, 5.41) is 18.6. The molecule has 1 aliphatic heterocycles. The van der Waals surface area contributed by atoms with Gasteiger partial charge in [-0.1, -0.05) is 11.2 Å². The van der Waals surface area contributed by atoms with Gasteiger partial charge in [0.05, 0.1) is 0 Å². The molecule has 0 aliphatic carbocycles. The van der Waals surface area contributed by atoms with E-state index in [1.54, 1.807) is 20.8 Å². The van der Waals surface area contributed by atoms with Gasteiger partial charge in [-0.3, -0.25) is 14.4 Å². The Kier molecular flexibility index (Phi) is 6.96. The van der Waals surface area contributed by atoms with Crippen LogP contribution in [0.3, 0.4) is 0 Å². The molecule has 0 unspecified atom stereocenters. The zero-order valence-electron chi connectivity index (χ0n) is 17.7. The highest BCUT2D eigenvalue weighted by Gasteiger charge is 2.53. The van der Waals surface area contributed by atoms with Crippen LogP contribution in [0.4, 0.5) is 16.2 Å². The highest BCUT2D eigenvalue weighted by Crippen LogP contribution is 2.38. The number of aliphatic carboxylic acids is 1. The molecular formula is C19H26N6O6. The van der Waals surface area contributed by atoms with Gasteiger partial charge >= 0.3 is 12.1 Å². The summed E-state index contributed by atoms with van der Waals surface area (Å²) in [5.41, 5.74) is 5.07. The van der Waals surface area contributed by atoms with Crippen molar-refractivity contribution in [1.29, 1.82) is 0 Å². The molecule has 2 atom stereocenters. The van der Waals surface area contributed by atoms with Crippen LogP contribution in [0.25, 0.3) is 10.4 Å². The van der Waals surface area contributed by atoms with Crippen LogP contribution in [0.1, 0.15) is 27.2 Å². The van der Waals surface area contributed by atoms with Crippen LogP contribution in [0.2, 0.25) is 0 Å². The molecule has 0 spiro atoms. The lowest BCUT2D eigenvalue weighted by Crippen LogP contribution is -2.46. The predicted molar refractivity (Wildman–Crippen MR) is 114 cm³/mol. The number of anilines is 2. The van der Waals surface area contributed by atoms with E-state index in [0.717, 1.165) is 0 Å². The number of hydrogen-bond donors (Lipinski definition) is 3. The number of ether oxygens (including phenoxy) is 1. The van der Waals surface area contributed by atoms with E-state index in [1.165, 1.54) is 11.0 Å². The number of allylic oxidation sites excluding steroid dienone is 1. The number of nitrogens with one attached hydrogen (secondary N) is 2. The van der Waals surface area contributed by atoms with Crippen molar-refractivity contribution in [3.05, 3.63) is 43.5 Å². The van der Waals surface area contributed by atoms with E-state index in [2.05, 4.69) is 27.2 Å². The second-order valence-corrected chi connectivity index (χ2v) is 8.26. The first-order valence-corrected chi connectivity index (χ1v) is 9.66. The maximum absolute atomic E-state index is 12.2. The molecule has 1 aromatic rings. The molecule has 12 heteroatoms. The van der Waals surface area contributed by atoms with Gasteiger partial charge in [-0.05, 0) is 32.7 Å². The SMILES string of the molecule is C=CC[C@H]1CN(c2c(NCCNC(=O)OC(C)(C)C)c(=O)c2=O)C[C@@]1(N=[N+]=[N-])C(=O)O. The monoisotopic (exact) mass is 434 g/mol. The minimum atomic E-state index is -1.78. The molecule has 1 fully saturated rings. The molecule has 3 N–H and O–H groups in total. The standard InChI is InChI=1S/C19H26N6O6/c1-5-6-11-9-25(10-19(11,16(28)29)23-24-20)13-12(14(26)15(13)27)21-7-8-22-17(30)31-18(2,3)4/h5,11,21H,1,6-10H2,2-4H3,(H,22,30)(H,28,29)/t11-,19-/m0/s1. The first-order valence-electron chi connectivity index (χ1n) is 9.66. The molecule has 2 rings (SSSR count). The topological polar surface area (TPSA) is 174 Å². The van der Waals surface area contributed by atoms with Gasteiger partial charge in [0.1, 0.15) is 17.0 Å². The molecular weight excluding hydrogens is 408 g/mol. The third kappa shape index (κ3) is 4.97. The van der Waals surface area contributed by atoms with Crippen molar-refractivity contribution in [2.75, 3.05) is 36.4 Å². The Morgan fingerprint density at radius 2 is 2.06 bits per heavy atom. The van der Waals surface area contributed by atoms with Crippen LogP contribution < -0.4 is 26.4 Å². The molecule has 1 saturated heterocycles. The smallest absolute Gasteiger partial charge is 0.407 e. The summed E-state index contributed by atoms with van der Waals surface area (Å²) in [6.45, 7) is 8.91. The number of carboxylic acids is 1. The molecule has 31 heavy (non-hydrogen) atoms. The molecule has 168 valence electrons. The Hall–Kier alpha value is -3.53. The average Bonchev–Trinajstić information content (AvgIpc) is 3.01. The van der Waals surface area contributed by atoms with Crippen molar-refractivity contribution in [1.82, 2.24) is 5.32 Å². The lowest BCUT2D eigenvalue weighted by atomic mass is 9.85. The molecule has 12 nitrogen and oxygen atoms in total. The summed E-state index contributed by atoms with van der Waals surface area (Å²) in [6.07, 6.45) is 1.15. The van der Waals surface area contributed by atoms with Crippen molar-refractivity contribution in [3.63, 3.8) is 0 Å². The highest BCUT2D eigenvalue weighted by atomic mass is 16.6. The Balaban J connectivity index is 2.12. The van der Waals surface area contributed by atoms with Crippen LogP contribution in [0, 0.1) is 5.92 Å². The normalized spacial score (nSPS) is 20.7. The minimum Gasteiger partial charge on any atom is -0.481 e. The van der Waals surface area contributed by atoms with Crippen molar-refractivity contribution in [2.24, 2.45) is 11.0 Å². The van der Waals surface area contributed by atoms with E-state index in [4.69, 9.17) is 10.3 Å². The number of rotatable bonds is 9. The number of alkyl carbamates (subject to hydrolysis) is 1. The quantitative estimate of drug-likeness (QED) is 0.130. The summed E-state index contributed by atoms with van der Waals surface area (Å²) >= 11 is 0. The number of carbonyl (C=O) groups is 2. The van der Waals surface area contributed by atoms with Gasteiger partial charge < -0.3 is 25.4 Å². The van der Waals surface area contributed by atoms with Crippen molar-refractivity contribution < 1.29 is 19.4 Å². The summed E-state index contributed by atoms with van der Waals surface area (Å²) in [5.74, 6) is -1.93. The van der Waals surface area contributed by atoms with Crippen LogP contribution in [-0.4, -0.2) is 54.5 Å². The Labute approximate surface area is 178 Å². The van der Waals surface area contributed by atoms with E-state index in [0.29, 0.717) is 0 Å². The van der Waals surface area contributed by atoms with E-state index in [-0.39, 0.29) is 44.0 Å². The lowest BCUT2D eigenvalue weighted by molar-refractivity contribution is -0.143. The van der Waals surface area contributed by atoms with Gasteiger partial charge in [-0.15, -0.1) is 6.58 Å². The number of azide groups is 1. The molecule has 1 heterocycles. The van der Waals surface area contributed by atoms with Gasteiger partial charge in [-0.2, -0.15) is 0 Å². The van der Waals surface area contributed by atoms with Crippen LogP contribution >= 0.6 is 0 Å². The van der Waals surface area contributed by atoms with Gasteiger partial charge in [-0.25, -0.2) is 4.79 Å². The zero-order chi connectivity index (χ0) is 23.4. The minimum absolute atomic E-state index is 0.0375. The number of hydrogen-bond acceptors (Lipinski definition) is 8. The maximum atomic E-state index is 12.2. The maximum Gasteiger partial charge on any atom is 0.407 e. The fraction of sp³-hybridized carbons (Fsp3) is 0.579.